The number of nitrogens with zero attached hydrogens (tertiary/aromatic N) is 1. The van der Waals surface area contributed by atoms with Crippen LogP contribution in [0.1, 0.15) is 39.0 Å². The molecule has 1 aliphatic carbocycles. The third-order valence-electron chi connectivity index (χ3n) is 5.72. The second kappa shape index (κ2) is 9.43. The fraction of sp³-hybridized carbons (Fsp3) is 0.571. The molecule has 1 atom stereocenters. The number of piperazine rings is 1. The summed E-state index contributed by atoms with van der Waals surface area (Å²) >= 11 is 6.10. The minimum atomic E-state index is 0.0110. The fourth-order valence-electron chi connectivity index (χ4n) is 3.97. The monoisotopic (exact) mass is 376 g/mol. The van der Waals surface area contributed by atoms with E-state index in [-0.39, 0.29) is 11.9 Å². The zero-order valence-electron chi connectivity index (χ0n) is 15.8. The van der Waals surface area contributed by atoms with E-state index in [2.05, 4.69) is 29.3 Å². The largest absolute Gasteiger partial charge is 0.360 e. The van der Waals surface area contributed by atoms with Crippen LogP contribution in [0.25, 0.3) is 0 Å². The molecule has 3 rings (SSSR count). The van der Waals surface area contributed by atoms with Gasteiger partial charge in [0, 0.05) is 17.3 Å². The maximum atomic E-state index is 12.5. The lowest BCUT2D eigenvalue weighted by atomic mass is 9.97. The van der Waals surface area contributed by atoms with Gasteiger partial charge in [-0.25, -0.2) is 0 Å². The zero-order chi connectivity index (χ0) is 18.4. The number of allylic oxidation sites excluding steroid dienone is 1. The number of carbonyl (C=O) groups is 1. The molecule has 1 heterocycles. The molecule has 0 radical (unpaired) electrons. The van der Waals surface area contributed by atoms with Crippen molar-refractivity contribution in [3.8, 4) is 0 Å². The Bertz CT molecular complexity index is 638. The van der Waals surface area contributed by atoms with Crippen LogP contribution in [-0.4, -0.2) is 44.7 Å². The SMILES string of the molecule is C[C@@H](C(=O)NCCC1=CCCCC1)[NH+]1CCN(c2cccc(Cl)c2)CC1. The van der Waals surface area contributed by atoms with Gasteiger partial charge in [0.2, 0.25) is 0 Å². The van der Waals surface area contributed by atoms with Crippen molar-refractivity contribution in [2.45, 2.75) is 45.1 Å². The highest BCUT2D eigenvalue weighted by atomic mass is 35.5. The summed E-state index contributed by atoms with van der Waals surface area (Å²) in [6.45, 7) is 6.70. The molecule has 0 unspecified atom stereocenters. The summed E-state index contributed by atoms with van der Waals surface area (Å²) < 4.78 is 0. The third-order valence-corrected chi connectivity index (χ3v) is 5.95. The lowest BCUT2D eigenvalue weighted by molar-refractivity contribution is -0.914. The van der Waals surface area contributed by atoms with Crippen molar-refractivity contribution in [1.29, 1.82) is 0 Å². The third kappa shape index (κ3) is 5.24. The maximum Gasteiger partial charge on any atom is 0.278 e. The molecule has 5 heteroatoms. The van der Waals surface area contributed by atoms with Gasteiger partial charge < -0.3 is 15.1 Å². The van der Waals surface area contributed by atoms with Gasteiger partial charge in [-0.15, -0.1) is 0 Å². The van der Waals surface area contributed by atoms with E-state index in [0.29, 0.717) is 0 Å². The van der Waals surface area contributed by atoms with Crippen LogP contribution in [0.4, 0.5) is 5.69 Å². The standard InChI is InChI=1S/C21H30ClN3O/c1-17(21(26)23-11-10-18-6-3-2-4-7-18)24-12-14-25(15-13-24)20-9-5-8-19(22)16-20/h5-6,8-9,16-17H,2-4,7,10-15H2,1H3,(H,23,26)/p+1/t17-/m0/s1. The summed E-state index contributed by atoms with van der Waals surface area (Å²) in [6.07, 6.45) is 8.41. The molecule has 1 aromatic rings. The van der Waals surface area contributed by atoms with Gasteiger partial charge in [-0.1, -0.05) is 29.3 Å². The first-order valence-corrected chi connectivity index (χ1v) is 10.3. The van der Waals surface area contributed by atoms with Crippen molar-refractivity contribution in [1.82, 2.24) is 5.32 Å². The van der Waals surface area contributed by atoms with Crippen molar-refractivity contribution in [2.24, 2.45) is 0 Å². The van der Waals surface area contributed by atoms with Crippen LogP contribution < -0.4 is 15.1 Å². The Morgan fingerprint density at radius 3 is 2.81 bits per heavy atom. The second-order valence-corrected chi connectivity index (χ2v) is 7.93. The maximum absolute atomic E-state index is 12.5. The van der Waals surface area contributed by atoms with E-state index in [4.69, 9.17) is 11.6 Å². The number of carbonyl (C=O) groups excluding carboxylic acids is 1. The molecule has 142 valence electrons. The first-order chi connectivity index (χ1) is 12.6. The van der Waals surface area contributed by atoms with Gasteiger partial charge in [-0.05, 0) is 57.2 Å². The van der Waals surface area contributed by atoms with Gasteiger partial charge in [0.15, 0.2) is 6.04 Å². The number of benzene rings is 1. The number of halogens is 1. The Hall–Kier alpha value is -1.52. The van der Waals surface area contributed by atoms with Crippen LogP contribution in [0.5, 0.6) is 0 Å². The molecule has 2 N–H and O–H groups in total. The number of hydrogen-bond acceptors (Lipinski definition) is 2. The van der Waals surface area contributed by atoms with Crippen LogP contribution in [0.15, 0.2) is 35.9 Å². The van der Waals surface area contributed by atoms with E-state index >= 15 is 0 Å². The van der Waals surface area contributed by atoms with Gasteiger partial charge in [0.1, 0.15) is 0 Å². The Balaban J connectivity index is 1.41. The Morgan fingerprint density at radius 1 is 1.31 bits per heavy atom. The number of anilines is 1. The quantitative estimate of drug-likeness (QED) is 0.748. The average Bonchev–Trinajstić information content (AvgIpc) is 2.68. The van der Waals surface area contributed by atoms with Gasteiger partial charge in [-0.3, -0.25) is 4.79 Å². The number of quaternary nitrogens is 1. The second-order valence-electron chi connectivity index (χ2n) is 7.50. The van der Waals surface area contributed by atoms with E-state index in [9.17, 15) is 4.79 Å². The van der Waals surface area contributed by atoms with Crippen molar-refractivity contribution in [3.05, 3.63) is 40.9 Å². The first-order valence-electron chi connectivity index (χ1n) is 9.94. The molecule has 2 aliphatic rings. The average molecular weight is 377 g/mol. The topological polar surface area (TPSA) is 36.8 Å². The highest BCUT2D eigenvalue weighted by molar-refractivity contribution is 6.30. The van der Waals surface area contributed by atoms with Crippen LogP contribution in [0.3, 0.4) is 0 Å². The van der Waals surface area contributed by atoms with Crippen molar-refractivity contribution in [2.75, 3.05) is 37.6 Å². The molecule has 1 saturated heterocycles. The first kappa shape index (κ1) is 19.2. The van der Waals surface area contributed by atoms with Crippen LogP contribution in [-0.2, 0) is 4.79 Å². The molecule has 1 aliphatic heterocycles. The highest BCUT2D eigenvalue weighted by Crippen LogP contribution is 2.20. The fourth-order valence-corrected chi connectivity index (χ4v) is 4.16. The Morgan fingerprint density at radius 2 is 2.12 bits per heavy atom. The van der Waals surface area contributed by atoms with E-state index in [1.54, 1.807) is 0 Å². The van der Waals surface area contributed by atoms with E-state index in [1.807, 2.05) is 18.2 Å². The highest BCUT2D eigenvalue weighted by Gasteiger charge is 2.29. The molecule has 0 saturated carbocycles. The summed E-state index contributed by atoms with van der Waals surface area (Å²) in [5, 5.41) is 3.92. The minimum Gasteiger partial charge on any atom is -0.360 e. The minimum absolute atomic E-state index is 0.0110. The molecule has 0 spiro atoms. The summed E-state index contributed by atoms with van der Waals surface area (Å²) in [5.41, 5.74) is 2.70. The van der Waals surface area contributed by atoms with Crippen molar-refractivity contribution < 1.29 is 9.69 Å². The van der Waals surface area contributed by atoms with Crippen LogP contribution in [0.2, 0.25) is 5.02 Å². The summed E-state index contributed by atoms with van der Waals surface area (Å²) in [5.74, 6) is 0.188. The molecular weight excluding hydrogens is 346 g/mol. The normalized spacial score (nSPS) is 19.8. The van der Waals surface area contributed by atoms with Crippen molar-refractivity contribution in [3.63, 3.8) is 0 Å². The predicted octanol–water partition coefficient (Wildman–Crippen LogP) is 2.44. The number of nitrogens with one attached hydrogen (secondary N) is 2. The van der Waals surface area contributed by atoms with Gasteiger partial charge in [-0.2, -0.15) is 0 Å². The van der Waals surface area contributed by atoms with E-state index in [0.717, 1.165) is 44.2 Å². The molecule has 0 bridgehead atoms. The molecule has 1 aromatic carbocycles. The molecule has 4 nitrogen and oxygen atoms in total. The van der Waals surface area contributed by atoms with Crippen LogP contribution in [0, 0.1) is 0 Å². The molecule has 1 fully saturated rings. The lowest BCUT2D eigenvalue weighted by Gasteiger charge is -2.36. The molecule has 1 amide bonds. The van der Waals surface area contributed by atoms with E-state index in [1.165, 1.54) is 41.8 Å². The zero-order valence-corrected chi connectivity index (χ0v) is 16.5. The van der Waals surface area contributed by atoms with E-state index < -0.39 is 0 Å². The van der Waals surface area contributed by atoms with Gasteiger partial charge in [0.05, 0.1) is 26.2 Å². The van der Waals surface area contributed by atoms with Gasteiger partial charge in [0.25, 0.3) is 5.91 Å². The lowest BCUT2D eigenvalue weighted by Crippen LogP contribution is -3.19. The summed E-state index contributed by atoms with van der Waals surface area (Å²) in [4.78, 5) is 16.2. The van der Waals surface area contributed by atoms with Gasteiger partial charge >= 0.3 is 0 Å². The smallest absolute Gasteiger partial charge is 0.278 e. The molecule has 26 heavy (non-hydrogen) atoms. The molecular formula is C21H31ClN3O+. The summed E-state index contributed by atoms with van der Waals surface area (Å²) in [7, 11) is 0. The Kier molecular flexibility index (Phi) is 6.98. The predicted molar refractivity (Wildman–Crippen MR) is 108 cm³/mol. The number of amides is 1. The number of rotatable bonds is 6. The summed E-state index contributed by atoms with van der Waals surface area (Å²) in [6, 6.07) is 8.03. The Labute approximate surface area is 162 Å². The van der Waals surface area contributed by atoms with Crippen molar-refractivity contribution >= 4 is 23.2 Å². The number of hydrogen-bond donors (Lipinski definition) is 2. The molecule has 0 aromatic heterocycles. The van der Waals surface area contributed by atoms with Crippen LogP contribution >= 0.6 is 11.6 Å².